The van der Waals surface area contributed by atoms with E-state index in [4.69, 9.17) is 0 Å². The van der Waals surface area contributed by atoms with Gasteiger partial charge in [0.2, 0.25) is 0 Å². The minimum Gasteiger partial charge on any atom is -0.143 e. The lowest BCUT2D eigenvalue weighted by Crippen LogP contribution is -1.77. The first kappa shape index (κ1) is 13.5. The van der Waals surface area contributed by atoms with Gasteiger partial charge in [-0.25, -0.2) is 0 Å². The van der Waals surface area contributed by atoms with Gasteiger partial charge in [-0.15, -0.1) is 57.5 Å². The molecule has 0 radical (unpaired) electrons. The molecule has 1 aliphatic heterocycles. The molecule has 0 aromatic carbocycles. The summed E-state index contributed by atoms with van der Waals surface area (Å²) >= 11 is 9.80. The monoisotopic (exact) mass is 352 g/mol. The first-order chi connectivity index (χ1) is 9.93. The standard InChI is InChI=1S/C15H12S5/c1-4-10(16-6-1)12-14-15(19-9-3-8-18-14)13(20-12)11-5-2-7-17-11/h1-2,4-7H,3,8-9H2. The topological polar surface area (TPSA) is 0 Å². The molecule has 0 unspecified atom stereocenters. The van der Waals surface area contributed by atoms with Crippen LogP contribution in [0.4, 0.5) is 0 Å². The molecule has 0 nitrogen and oxygen atoms in total. The van der Waals surface area contributed by atoms with Crippen LogP contribution in [0.25, 0.3) is 19.5 Å². The number of fused-ring (bicyclic) bond motifs is 1. The molecule has 5 heteroatoms. The Bertz CT molecular complexity index is 632. The maximum atomic E-state index is 2.26. The van der Waals surface area contributed by atoms with Gasteiger partial charge in [-0.3, -0.25) is 0 Å². The third-order valence-electron chi connectivity index (χ3n) is 3.09. The molecular formula is C15H12S5. The first-order valence-corrected chi connectivity index (χ1v) is 11.0. The van der Waals surface area contributed by atoms with E-state index in [1.807, 2.05) is 34.0 Å². The van der Waals surface area contributed by atoms with Crippen LogP contribution in [-0.4, -0.2) is 11.5 Å². The van der Waals surface area contributed by atoms with Crippen molar-refractivity contribution < 1.29 is 0 Å². The molecule has 1 aliphatic rings. The van der Waals surface area contributed by atoms with Gasteiger partial charge in [-0.05, 0) is 40.8 Å². The zero-order chi connectivity index (χ0) is 13.4. The highest BCUT2D eigenvalue weighted by atomic mass is 32.2. The van der Waals surface area contributed by atoms with Crippen LogP contribution in [0.5, 0.6) is 0 Å². The van der Waals surface area contributed by atoms with E-state index in [9.17, 15) is 0 Å². The predicted octanol–water partition coefficient (Wildman–Crippen LogP) is 6.79. The summed E-state index contributed by atoms with van der Waals surface area (Å²) < 4.78 is 0. The van der Waals surface area contributed by atoms with Gasteiger partial charge in [-0.1, -0.05) is 12.1 Å². The van der Waals surface area contributed by atoms with Crippen molar-refractivity contribution in [2.24, 2.45) is 0 Å². The number of thiophene rings is 3. The number of hydrogen-bond donors (Lipinski definition) is 0. The smallest absolute Gasteiger partial charge is 0.0597 e. The summed E-state index contributed by atoms with van der Waals surface area (Å²) in [6.45, 7) is 0. The van der Waals surface area contributed by atoms with Crippen molar-refractivity contribution in [1.82, 2.24) is 0 Å². The summed E-state index contributed by atoms with van der Waals surface area (Å²) in [5.41, 5.74) is 0. The van der Waals surface area contributed by atoms with E-state index in [1.54, 1.807) is 0 Å². The van der Waals surface area contributed by atoms with Crippen molar-refractivity contribution in [3.63, 3.8) is 0 Å². The molecule has 0 bridgehead atoms. The van der Waals surface area contributed by atoms with Crippen molar-refractivity contribution in [3.05, 3.63) is 35.0 Å². The molecule has 102 valence electrons. The van der Waals surface area contributed by atoms with Gasteiger partial charge in [0.15, 0.2) is 0 Å². The molecule has 4 rings (SSSR count). The number of rotatable bonds is 2. The van der Waals surface area contributed by atoms with Crippen LogP contribution in [0.1, 0.15) is 6.42 Å². The van der Waals surface area contributed by atoms with E-state index in [2.05, 4.69) is 58.5 Å². The molecule has 20 heavy (non-hydrogen) atoms. The molecule has 0 aliphatic carbocycles. The molecule has 4 heterocycles. The van der Waals surface area contributed by atoms with Gasteiger partial charge in [0.1, 0.15) is 0 Å². The van der Waals surface area contributed by atoms with E-state index in [0.717, 1.165) is 0 Å². The molecule has 3 aromatic rings. The third-order valence-corrected chi connectivity index (χ3v) is 9.15. The van der Waals surface area contributed by atoms with Crippen molar-refractivity contribution in [1.29, 1.82) is 0 Å². The highest BCUT2D eigenvalue weighted by Crippen LogP contribution is 2.53. The maximum Gasteiger partial charge on any atom is 0.0597 e. The Kier molecular flexibility index (Phi) is 3.96. The van der Waals surface area contributed by atoms with Crippen molar-refractivity contribution in [2.45, 2.75) is 16.2 Å². The summed E-state index contributed by atoms with van der Waals surface area (Å²) in [7, 11) is 0. The Morgan fingerprint density at radius 3 is 1.75 bits per heavy atom. The third kappa shape index (κ3) is 2.40. The summed E-state index contributed by atoms with van der Waals surface area (Å²) in [5, 5.41) is 4.36. The molecule has 0 saturated carbocycles. The predicted molar refractivity (Wildman–Crippen MR) is 97.0 cm³/mol. The van der Waals surface area contributed by atoms with Gasteiger partial charge in [-0.2, -0.15) is 0 Å². The minimum absolute atomic E-state index is 1.25. The van der Waals surface area contributed by atoms with E-state index in [1.165, 1.54) is 47.2 Å². The van der Waals surface area contributed by atoms with E-state index in [-0.39, 0.29) is 0 Å². The van der Waals surface area contributed by atoms with Crippen LogP contribution in [0.3, 0.4) is 0 Å². The highest BCUT2D eigenvalue weighted by Gasteiger charge is 2.23. The second-order valence-electron chi connectivity index (χ2n) is 4.42. The summed E-state index contributed by atoms with van der Waals surface area (Å²) in [4.78, 5) is 8.87. The molecule has 3 aromatic heterocycles. The Labute approximate surface area is 139 Å². The van der Waals surface area contributed by atoms with Crippen LogP contribution in [0.15, 0.2) is 44.8 Å². The number of thioether (sulfide) groups is 2. The molecule has 0 amide bonds. The first-order valence-electron chi connectivity index (χ1n) is 6.43. The average molecular weight is 353 g/mol. The lowest BCUT2D eigenvalue weighted by atomic mass is 10.3. The second kappa shape index (κ2) is 5.89. The minimum atomic E-state index is 1.25. The lowest BCUT2D eigenvalue weighted by molar-refractivity contribution is 1.13. The fourth-order valence-electron chi connectivity index (χ4n) is 2.21. The summed E-state index contributed by atoms with van der Waals surface area (Å²) in [6, 6.07) is 8.83. The largest absolute Gasteiger partial charge is 0.143 e. The fourth-order valence-corrected chi connectivity index (χ4v) is 8.35. The molecule has 0 saturated heterocycles. The Morgan fingerprint density at radius 2 is 1.30 bits per heavy atom. The Balaban J connectivity index is 1.92. The zero-order valence-electron chi connectivity index (χ0n) is 10.6. The zero-order valence-corrected chi connectivity index (χ0v) is 14.7. The van der Waals surface area contributed by atoms with Crippen molar-refractivity contribution in [3.8, 4) is 19.5 Å². The number of hydrogen-bond acceptors (Lipinski definition) is 5. The molecule has 0 spiro atoms. The van der Waals surface area contributed by atoms with Crippen LogP contribution in [-0.2, 0) is 0 Å². The molecule has 0 atom stereocenters. The van der Waals surface area contributed by atoms with Gasteiger partial charge in [0.05, 0.1) is 9.75 Å². The van der Waals surface area contributed by atoms with Crippen LogP contribution >= 0.6 is 57.5 Å². The molecule has 0 N–H and O–H groups in total. The summed E-state index contributed by atoms with van der Waals surface area (Å²) in [6.07, 6.45) is 1.31. The van der Waals surface area contributed by atoms with Crippen molar-refractivity contribution >= 4 is 57.5 Å². The normalized spacial score (nSPS) is 15.0. The quantitative estimate of drug-likeness (QED) is 0.498. The lowest BCUT2D eigenvalue weighted by Gasteiger charge is -2.01. The van der Waals surface area contributed by atoms with Gasteiger partial charge >= 0.3 is 0 Å². The Hall–Kier alpha value is -0.200. The van der Waals surface area contributed by atoms with E-state index >= 15 is 0 Å². The second-order valence-corrected chi connectivity index (χ2v) is 9.55. The van der Waals surface area contributed by atoms with Crippen LogP contribution < -0.4 is 0 Å². The van der Waals surface area contributed by atoms with E-state index in [0.29, 0.717) is 0 Å². The van der Waals surface area contributed by atoms with E-state index < -0.39 is 0 Å². The average Bonchev–Trinajstić information content (AvgIpc) is 3.16. The SMILES string of the molecule is c1csc(-c2sc(-c3cccs3)c3c2SCCCS3)c1. The van der Waals surface area contributed by atoms with Crippen LogP contribution in [0.2, 0.25) is 0 Å². The highest BCUT2D eigenvalue weighted by molar-refractivity contribution is 8.03. The van der Waals surface area contributed by atoms with Crippen molar-refractivity contribution in [2.75, 3.05) is 11.5 Å². The van der Waals surface area contributed by atoms with Crippen LogP contribution in [0, 0.1) is 0 Å². The van der Waals surface area contributed by atoms with Gasteiger partial charge in [0.25, 0.3) is 0 Å². The Morgan fingerprint density at radius 1 is 0.750 bits per heavy atom. The van der Waals surface area contributed by atoms with Gasteiger partial charge in [0, 0.05) is 19.5 Å². The molecular weight excluding hydrogens is 341 g/mol. The van der Waals surface area contributed by atoms with Gasteiger partial charge < -0.3 is 0 Å². The molecule has 0 fully saturated rings. The summed E-state index contributed by atoms with van der Waals surface area (Å²) in [5.74, 6) is 2.50. The fraction of sp³-hybridized carbons (Fsp3) is 0.200. The maximum absolute atomic E-state index is 2.26.